The maximum Gasteiger partial charge on any atom is 0.254 e. The minimum atomic E-state index is 0. The predicted molar refractivity (Wildman–Crippen MR) is 108 cm³/mol. The van der Waals surface area contributed by atoms with Crippen LogP contribution in [0.2, 0.25) is 0 Å². The number of nitrogens with zero attached hydrogens (tertiary/aromatic N) is 1. The summed E-state index contributed by atoms with van der Waals surface area (Å²) in [5, 5.41) is 0. The molecule has 2 N–H and O–H groups in total. The summed E-state index contributed by atoms with van der Waals surface area (Å²) in [6, 6.07) is 5.53. The Balaban J connectivity index is 0.00000338. The molecule has 2 rings (SSSR count). The second kappa shape index (κ2) is 12.0. The summed E-state index contributed by atoms with van der Waals surface area (Å²) in [4.78, 5) is 14.6. The van der Waals surface area contributed by atoms with E-state index < -0.39 is 0 Å². The summed E-state index contributed by atoms with van der Waals surface area (Å²) in [6.07, 6.45) is 5.12. The molecule has 1 saturated heterocycles. The van der Waals surface area contributed by atoms with Crippen molar-refractivity contribution in [2.45, 2.75) is 46.0 Å². The molecule has 1 unspecified atom stereocenters. The highest BCUT2D eigenvalue weighted by molar-refractivity contribution is 5.95. The van der Waals surface area contributed by atoms with Crippen molar-refractivity contribution in [2.24, 2.45) is 11.7 Å². The van der Waals surface area contributed by atoms with Crippen molar-refractivity contribution in [3.63, 3.8) is 0 Å². The molecule has 1 fully saturated rings. The van der Waals surface area contributed by atoms with Crippen molar-refractivity contribution < 1.29 is 14.3 Å². The maximum atomic E-state index is 12.8. The van der Waals surface area contributed by atoms with Crippen LogP contribution in [0.15, 0.2) is 18.2 Å². The first-order valence-corrected chi connectivity index (χ1v) is 9.58. The van der Waals surface area contributed by atoms with Crippen LogP contribution in [-0.2, 0) is 0 Å². The molecule has 0 saturated carbocycles. The van der Waals surface area contributed by atoms with Crippen LogP contribution in [0.3, 0.4) is 0 Å². The zero-order valence-electron chi connectivity index (χ0n) is 16.0. The molecule has 1 amide bonds. The van der Waals surface area contributed by atoms with Crippen LogP contribution in [0.25, 0.3) is 0 Å². The lowest BCUT2D eigenvalue weighted by molar-refractivity contribution is 0.0787. The third-order valence-electron chi connectivity index (χ3n) is 4.61. The Morgan fingerprint density at radius 1 is 1.15 bits per heavy atom. The van der Waals surface area contributed by atoms with E-state index in [-0.39, 0.29) is 18.3 Å². The van der Waals surface area contributed by atoms with Gasteiger partial charge in [-0.3, -0.25) is 4.79 Å². The highest BCUT2D eigenvalue weighted by atomic mass is 35.5. The van der Waals surface area contributed by atoms with Gasteiger partial charge in [0.05, 0.1) is 13.2 Å². The van der Waals surface area contributed by atoms with E-state index in [4.69, 9.17) is 15.2 Å². The van der Waals surface area contributed by atoms with E-state index in [2.05, 4.69) is 13.8 Å². The van der Waals surface area contributed by atoms with Gasteiger partial charge in [-0.05, 0) is 49.9 Å². The Hall–Kier alpha value is -1.46. The van der Waals surface area contributed by atoms with Crippen molar-refractivity contribution in [1.29, 1.82) is 0 Å². The molecule has 1 aliphatic heterocycles. The van der Waals surface area contributed by atoms with E-state index in [1.165, 1.54) is 0 Å². The number of rotatable bonds is 10. The molecule has 6 heteroatoms. The monoisotopic (exact) mass is 384 g/mol. The molecule has 1 aliphatic rings. The molecule has 0 bridgehead atoms. The van der Waals surface area contributed by atoms with Gasteiger partial charge in [0, 0.05) is 18.7 Å². The smallest absolute Gasteiger partial charge is 0.254 e. The molecule has 0 aromatic heterocycles. The number of carbonyl (C=O) groups excluding carboxylic acids is 1. The molecule has 0 radical (unpaired) electrons. The zero-order chi connectivity index (χ0) is 18.1. The molecular weight excluding hydrogens is 352 g/mol. The fraction of sp³-hybridized carbons (Fsp3) is 0.650. The Kier molecular flexibility index (Phi) is 10.4. The van der Waals surface area contributed by atoms with Crippen molar-refractivity contribution in [3.05, 3.63) is 23.8 Å². The summed E-state index contributed by atoms with van der Waals surface area (Å²) >= 11 is 0. The molecule has 0 aliphatic carbocycles. The number of benzene rings is 1. The second-order valence-corrected chi connectivity index (χ2v) is 6.71. The fourth-order valence-electron chi connectivity index (χ4n) is 2.92. The number of ether oxygens (including phenoxy) is 2. The van der Waals surface area contributed by atoms with Gasteiger partial charge in [-0.1, -0.05) is 26.7 Å². The van der Waals surface area contributed by atoms with Crippen molar-refractivity contribution in [1.82, 2.24) is 4.90 Å². The molecule has 5 nitrogen and oxygen atoms in total. The number of amides is 1. The van der Waals surface area contributed by atoms with Crippen LogP contribution < -0.4 is 15.2 Å². The Morgan fingerprint density at radius 2 is 1.81 bits per heavy atom. The maximum absolute atomic E-state index is 12.8. The van der Waals surface area contributed by atoms with E-state index in [9.17, 15) is 4.79 Å². The van der Waals surface area contributed by atoms with E-state index >= 15 is 0 Å². The summed E-state index contributed by atoms with van der Waals surface area (Å²) < 4.78 is 11.7. The SMILES string of the molecule is CCCCOc1ccc(C(=O)N2CCC(CN)C2)cc1OCCCC.Cl. The average molecular weight is 385 g/mol. The molecule has 148 valence electrons. The van der Waals surface area contributed by atoms with E-state index in [1.54, 1.807) is 0 Å². The lowest BCUT2D eigenvalue weighted by Gasteiger charge is -2.18. The van der Waals surface area contributed by atoms with Gasteiger partial charge in [0.1, 0.15) is 0 Å². The zero-order valence-corrected chi connectivity index (χ0v) is 16.9. The number of hydrogen-bond acceptors (Lipinski definition) is 4. The molecule has 1 aromatic carbocycles. The lowest BCUT2D eigenvalue weighted by Crippen LogP contribution is -2.29. The van der Waals surface area contributed by atoms with Gasteiger partial charge >= 0.3 is 0 Å². The van der Waals surface area contributed by atoms with E-state index in [0.717, 1.165) is 50.9 Å². The molecule has 1 heterocycles. The van der Waals surface area contributed by atoms with Crippen molar-refractivity contribution >= 4 is 18.3 Å². The summed E-state index contributed by atoms with van der Waals surface area (Å²) in [7, 11) is 0. The normalized spacial score (nSPS) is 16.3. The second-order valence-electron chi connectivity index (χ2n) is 6.71. The van der Waals surface area contributed by atoms with Crippen LogP contribution in [0.5, 0.6) is 11.5 Å². The molecule has 1 aromatic rings. The van der Waals surface area contributed by atoms with Crippen molar-refractivity contribution in [3.8, 4) is 11.5 Å². The van der Waals surface area contributed by atoms with Gasteiger partial charge < -0.3 is 20.1 Å². The minimum Gasteiger partial charge on any atom is -0.490 e. The highest BCUT2D eigenvalue weighted by Gasteiger charge is 2.26. The lowest BCUT2D eigenvalue weighted by atomic mass is 10.1. The van der Waals surface area contributed by atoms with E-state index in [0.29, 0.717) is 37.0 Å². The van der Waals surface area contributed by atoms with Gasteiger partial charge in [0.25, 0.3) is 5.91 Å². The Labute approximate surface area is 163 Å². The molecule has 26 heavy (non-hydrogen) atoms. The highest BCUT2D eigenvalue weighted by Crippen LogP contribution is 2.30. The number of nitrogens with two attached hydrogens (primary N) is 1. The number of unbranched alkanes of at least 4 members (excludes halogenated alkanes) is 2. The standard InChI is InChI=1S/C20H32N2O3.ClH/c1-3-5-11-24-18-8-7-17(13-19(18)25-12-6-4-2)20(23)22-10-9-16(14-21)15-22;/h7-8,13,16H,3-6,9-12,14-15,21H2,1-2H3;1H. The van der Waals surface area contributed by atoms with Gasteiger partial charge in [0.2, 0.25) is 0 Å². The topological polar surface area (TPSA) is 64.8 Å². The first kappa shape index (κ1) is 22.6. The number of likely N-dealkylation sites (tertiary alicyclic amines) is 1. The van der Waals surface area contributed by atoms with Gasteiger partial charge in [0.15, 0.2) is 11.5 Å². The molecular formula is C20H33ClN2O3. The first-order chi connectivity index (χ1) is 12.2. The molecule has 1 atom stereocenters. The summed E-state index contributed by atoms with van der Waals surface area (Å²) in [5.41, 5.74) is 6.39. The van der Waals surface area contributed by atoms with Crippen LogP contribution in [0.1, 0.15) is 56.3 Å². The Bertz CT molecular complexity index is 554. The first-order valence-electron chi connectivity index (χ1n) is 9.58. The third kappa shape index (κ3) is 6.36. The van der Waals surface area contributed by atoms with Crippen molar-refractivity contribution in [2.75, 3.05) is 32.8 Å². The fourth-order valence-corrected chi connectivity index (χ4v) is 2.92. The average Bonchev–Trinajstić information content (AvgIpc) is 3.11. The van der Waals surface area contributed by atoms with Crippen LogP contribution in [0.4, 0.5) is 0 Å². The van der Waals surface area contributed by atoms with Gasteiger partial charge in [-0.15, -0.1) is 12.4 Å². The number of carbonyl (C=O) groups is 1. The minimum absolute atomic E-state index is 0. The summed E-state index contributed by atoms with van der Waals surface area (Å²) in [5.74, 6) is 1.87. The van der Waals surface area contributed by atoms with Crippen LogP contribution >= 0.6 is 12.4 Å². The Morgan fingerprint density at radius 3 is 2.38 bits per heavy atom. The van der Waals surface area contributed by atoms with Crippen LogP contribution in [0, 0.1) is 5.92 Å². The number of hydrogen-bond donors (Lipinski definition) is 1. The van der Waals surface area contributed by atoms with Gasteiger partial charge in [-0.25, -0.2) is 0 Å². The molecule has 0 spiro atoms. The largest absolute Gasteiger partial charge is 0.490 e. The van der Waals surface area contributed by atoms with E-state index in [1.807, 2.05) is 23.1 Å². The third-order valence-corrected chi connectivity index (χ3v) is 4.61. The quantitative estimate of drug-likeness (QED) is 0.621. The van der Waals surface area contributed by atoms with Crippen LogP contribution in [-0.4, -0.2) is 43.7 Å². The predicted octanol–water partition coefficient (Wildman–Crippen LogP) is 3.89. The van der Waals surface area contributed by atoms with Gasteiger partial charge in [-0.2, -0.15) is 0 Å². The summed E-state index contributed by atoms with van der Waals surface area (Å²) in [6.45, 7) is 7.73. The number of halogens is 1.